The molecule has 10 N–H and O–H groups in total. The van der Waals surface area contributed by atoms with Gasteiger partial charge in [0.1, 0.15) is 6.04 Å². The SMILES string of the molecule is NNC(=O)CNC(=O)CCC(NC(=O)c1ccc(NCc2cnc3nc(N)[nH]c(=O)c3n2)cc1)C(=O)O. The summed E-state index contributed by atoms with van der Waals surface area (Å²) in [5.41, 5.74) is 8.28. The van der Waals surface area contributed by atoms with E-state index in [2.05, 4.69) is 35.9 Å². The second-order valence-corrected chi connectivity index (χ2v) is 7.66. The fraction of sp³-hybridized carbons (Fsp3) is 0.238. The lowest BCUT2D eigenvalue weighted by molar-refractivity contribution is -0.139. The van der Waals surface area contributed by atoms with Gasteiger partial charge in [0.2, 0.25) is 11.9 Å². The molecule has 3 amide bonds. The van der Waals surface area contributed by atoms with Crippen molar-refractivity contribution in [2.75, 3.05) is 17.6 Å². The van der Waals surface area contributed by atoms with Crippen LogP contribution in [0.25, 0.3) is 11.2 Å². The molecule has 0 bridgehead atoms. The number of nitrogen functional groups attached to an aromatic ring is 1. The van der Waals surface area contributed by atoms with Crippen LogP contribution >= 0.6 is 0 Å². The topological polar surface area (TPSA) is 260 Å². The van der Waals surface area contributed by atoms with E-state index < -0.39 is 35.3 Å². The molecule has 0 saturated carbocycles. The number of hydrazine groups is 1. The van der Waals surface area contributed by atoms with Crippen LogP contribution in [-0.2, 0) is 20.9 Å². The van der Waals surface area contributed by atoms with Gasteiger partial charge in [-0.05, 0) is 30.7 Å². The first-order chi connectivity index (χ1) is 17.7. The van der Waals surface area contributed by atoms with Gasteiger partial charge in [-0.2, -0.15) is 4.98 Å². The zero-order valence-corrected chi connectivity index (χ0v) is 19.3. The summed E-state index contributed by atoms with van der Waals surface area (Å²) in [6.45, 7) is -0.133. The maximum absolute atomic E-state index is 12.5. The fourth-order valence-electron chi connectivity index (χ4n) is 3.08. The van der Waals surface area contributed by atoms with Crippen molar-refractivity contribution in [1.82, 2.24) is 36.0 Å². The zero-order valence-electron chi connectivity index (χ0n) is 19.3. The molecule has 3 rings (SSSR count). The number of aromatic amines is 1. The lowest BCUT2D eigenvalue weighted by atomic mass is 10.1. The van der Waals surface area contributed by atoms with Crippen LogP contribution in [0, 0.1) is 0 Å². The molecule has 1 atom stereocenters. The number of amides is 3. The second kappa shape index (κ2) is 12.0. The van der Waals surface area contributed by atoms with E-state index in [9.17, 15) is 29.1 Å². The molecule has 194 valence electrons. The number of nitrogens with two attached hydrogens (primary N) is 2. The smallest absolute Gasteiger partial charge is 0.326 e. The largest absolute Gasteiger partial charge is 0.480 e. The number of carbonyl (C=O) groups is 4. The molecule has 0 fully saturated rings. The Kier molecular flexibility index (Phi) is 8.61. The number of nitrogens with zero attached hydrogens (tertiary/aromatic N) is 3. The fourth-order valence-corrected chi connectivity index (χ4v) is 3.08. The van der Waals surface area contributed by atoms with Gasteiger partial charge >= 0.3 is 5.97 Å². The number of anilines is 2. The maximum atomic E-state index is 12.5. The number of carbonyl (C=O) groups excluding carboxylic acids is 3. The molecule has 3 aromatic rings. The number of rotatable bonds is 11. The zero-order chi connectivity index (χ0) is 26.9. The van der Waals surface area contributed by atoms with Gasteiger partial charge in [0.15, 0.2) is 11.2 Å². The van der Waals surface area contributed by atoms with Gasteiger partial charge in [0.05, 0.1) is 25.0 Å². The van der Waals surface area contributed by atoms with Gasteiger partial charge in [0.25, 0.3) is 17.4 Å². The number of fused-ring (bicyclic) bond motifs is 1. The van der Waals surface area contributed by atoms with Gasteiger partial charge < -0.3 is 26.8 Å². The molecule has 0 aliphatic carbocycles. The van der Waals surface area contributed by atoms with Crippen molar-refractivity contribution in [3.63, 3.8) is 0 Å². The average Bonchev–Trinajstić information content (AvgIpc) is 2.88. The minimum Gasteiger partial charge on any atom is -0.480 e. The second-order valence-electron chi connectivity index (χ2n) is 7.66. The van der Waals surface area contributed by atoms with Crippen LogP contribution in [0.2, 0.25) is 0 Å². The summed E-state index contributed by atoms with van der Waals surface area (Å²) in [5.74, 6) is 1.71. The third kappa shape index (κ3) is 7.43. The summed E-state index contributed by atoms with van der Waals surface area (Å²) in [6, 6.07) is 4.85. The van der Waals surface area contributed by atoms with E-state index in [1.165, 1.54) is 18.3 Å². The predicted octanol–water partition coefficient (Wildman–Crippen LogP) is -2.02. The molecule has 16 nitrogen and oxygen atoms in total. The molecule has 0 radical (unpaired) electrons. The Balaban J connectivity index is 1.54. The molecule has 1 unspecified atom stereocenters. The summed E-state index contributed by atoms with van der Waals surface area (Å²) >= 11 is 0. The van der Waals surface area contributed by atoms with Crippen molar-refractivity contribution >= 4 is 46.5 Å². The number of nitrogens with one attached hydrogen (secondary N) is 5. The molecule has 0 aliphatic heterocycles. The van der Waals surface area contributed by atoms with E-state index in [0.29, 0.717) is 11.4 Å². The highest BCUT2D eigenvalue weighted by molar-refractivity contribution is 5.97. The number of carboxylic acid groups (broad SMARTS) is 1. The number of H-pyrrole nitrogens is 1. The van der Waals surface area contributed by atoms with Gasteiger partial charge in [-0.25, -0.2) is 20.6 Å². The molecule has 37 heavy (non-hydrogen) atoms. The number of carboxylic acids is 1. The molecular weight excluding hydrogens is 488 g/mol. The molecule has 0 spiro atoms. The third-order valence-corrected chi connectivity index (χ3v) is 4.98. The Bertz CT molecular complexity index is 1370. The summed E-state index contributed by atoms with van der Waals surface area (Å²) in [7, 11) is 0. The van der Waals surface area contributed by atoms with Crippen molar-refractivity contribution in [2.24, 2.45) is 5.84 Å². The molecule has 2 heterocycles. The van der Waals surface area contributed by atoms with Gasteiger partial charge in [-0.1, -0.05) is 0 Å². The molecule has 0 saturated heterocycles. The van der Waals surface area contributed by atoms with Crippen LogP contribution < -0.4 is 38.5 Å². The Morgan fingerprint density at radius 1 is 1.08 bits per heavy atom. The highest BCUT2D eigenvalue weighted by Crippen LogP contribution is 2.12. The standard InChI is InChI=1S/C21H24N10O6/c22-21-29-17-16(19(35)30-21)27-12(8-26-17)7-24-11-3-1-10(2-4-11)18(34)28-13(20(36)37)5-6-14(32)25-9-15(33)31-23/h1-4,8,13,24H,5-7,9,23H2,(H,25,32)(H,28,34)(H,31,33)(H,36,37)(H3,22,26,29,30,35). The van der Waals surface area contributed by atoms with E-state index >= 15 is 0 Å². The summed E-state index contributed by atoms with van der Waals surface area (Å²) < 4.78 is 0. The number of aliphatic carboxylic acids is 1. The van der Waals surface area contributed by atoms with E-state index in [1.54, 1.807) is 12.1 Å². The first-order valence-corrected chi connectivity index (χ1v) is 10.8. The first-order valence-electron chi connectivity index (χ1n) is 10.8. The number of hydrogen-bond acceptors (Lipinski definition) is 11. The van der Waals surface area contributed by atoms with E-state index in [0.717, 1.165) is 0 Å². The average molecular weight is 512 g/mol. The molecule has 0 aliphatic rings. The maximum Gasteiger partial charge on any atom is 0.326 e. The van der Waals surface area contributed by atoms with Crippen molar-refractivity contribution in [3.8, 4) is 0 Å². The minimum absolute atomic E-state index is 0.0482. The quantitative estimate of drug-likeness (QED) is 0.0786. The summed E-state index contributed by atoms with van der Waals surface area (Å²) in [4.78, 5) is 73.3. The van der Waals surface area contributed by atoms with Crippen molar-refractivity contribution < 1.29 is 24.3 Å². The lowest BCUT2D eigenvalue weighted by Crippen LogP contribution is -2.43. The Morgan fingerprint density at radius 2 is 1.81 bits per heavy atom. The van der Waals surface area contributed by atoms with Gasteiger partial charge in [-0.3, -0.25) is 29.6 Å². The molecular formula is C21H24N10O6. The van der Waals surface area contributed by atoms with Crippen LogP contribution in [0.5, 0.6) is 0 Å². The normalized spacial score (nSPS) is 11.4. The Hall–Kier alpha value is -5.12. The van der Waals surface area contributed by atoms with Gasteiger partial charge in [0, 0.05) is 17.7 Å². The number of benzene rings is 1. The van der Waals surface area contributed by atoms with Crippen LogP contribution in [0.1, 0.15) is 28.9 Å². The van der Waals surface area contributed by atoms with Crippen molar-refractivity contribution in [3.05, 3.63) is 52.1 Å². The van der Waals surface area contributed by atoms with Crippen LogP contribution in [0.4, 0.5) is 11.6 Å². The lowest BCUT2D eigenvalue weighted by Gasteiger charge is -2.15. The molecule has 2 aromatic heterocycles. The molecule has 1 aromatic carbocycles. The minimum atomic E-state index is -1.32. The van der Waals surface area contributed by atoms with Gasteiger partial charge in [-0.15, -0.1) is 0 Å². The highest BCUT2D eigenvalue weighted by atomic mass is 16.4. The van der Waals surface area contributed by atoms with Crippen molar-refractivity contribution in [1.29, 1.82) is 0 Å². The van der Waals surface area contributed by atoms with E-state index in [-0.39, 0.29) is 48.6 Å². The number of aromatic nitrogens is 4. The van der Waals surface area contributed by atoms with E-state index in [4.69, 9.17) is 11.6 Å². The first kappa shape index (κ1) is 26.5. The Labute approximate surface area is 208 Å². The third-order valence-electron chi connectivity index (χ3n) is 4.98. The van der Waals surface area contributed by atoms with Crippen LogP contribution in [0.15, 0.2) is 35.3 Å². The molecule has 16 heteroatoms. The van der Waals surface area contributed by atoms with Crippen LogP contribution in [0.3, 0.4) is 0 Å². The highest BCUT2D eigenvalue weighted by Gasteiger charge is 2.22. The monoisotopic (exact) mass is 512 g/mol. The predicted molar refractivity (Wildman–Crippen MR) is 130 cm³/mol. The summed E-state index contributed by atoms with van der Waals surface area (Å²) in [6.07, 6.45) is 1.03. The Morgan fingerprint density at radius 3 is 2.49 bits per heavy atom. The van der Waals surface area contributed by atoms with E-state index in [1.807, 2.05) is 5.43 Å². The van der Waals surface area contributed by atoms with Crippen LogP contribution in [-0.4, -0.2) is 61.3 Å². The number of hydrogen-bond donors (Lipinski definition) is 8. The summed E-state index contributed by atoms with van der Waals surface area (Å²) in [5, 5.41) is 17.1. The van der Waals surface area contributed by atoms with Crippen molar-refractivity contribution in [2.45, 2.75) is 25.4 Å².